The van der Waals surface area contributed by atoms with Crippen LogP contribution in [0.4, 0.5) is 0 Å². The van der Waals surface area contributed by atoms with Gasteiger partial charge in [0.25, 0.3) is 0 Å². The van der Waals surface area contributed by atoms with Crippen molar-refractivity contribution in [2.75, 3.05) is 18.1 Å². The van der Waals surface area contributed by atoms with Crippen molar-refractivity contribution in [3.8, 4) is 0 Å². The molecule has 1 aliphatic carbocycles. The van der Waals surface area contributed by atoms with Crippen molar-refractivity contribution in [3.63, 3.8) is 0 Å². The predicted octanol–water partition coefficient (Wildman–Crippen LogP) is -0.992. The first-order chi connectivity index (χ1) is 7.79. The summed E-state index contributed by atoms with van der Waals surface area (Å²) in [4.78, 5) is 0. The molecule has 2 N–H and O–H groups in total. The molecule has 2 rings (SSSR count). The van der Waals surface area contributed by atoms with Gasteiger partial charge < -0.3 is 5.11 Å². The highest BCUT2D eigenvalue weighted by Gasteiger charge is 2.47. The summed E-state index contributed by atoms with van der Waals surface area (Å²) in [7, 11) is -6.57. The van der Waals surface area contributed by atoms with E-state index in [1.54, 1.807) is 0 Å². The van der Waals surface area contributed by atoms with Gasteiger partial charge in [-0.1, -0.05) is 0 Å². The van der Waals surface area contributed by atoms with E-state index in [0.717, 1.165) is 0 Å². The molecular formula is C9H17NO5S2. The van der Waals surface area contributed by atoms with E-state index in [9.17, 15) is 16.8 Å². The lowest BCUT2D eigenvalue weighted by molar-refractivity contribution is 0.246. The van der Waals surface area contributed by atoms with Gasteiger partial charge in [-0.05, 0) is 25.7 Å². The number of hydrogen-bond donors (Lipinski definition) is 2. The number of hydrogen-bond acceptors (Lipinski definition) is 5. The van der Waals surface area contributed by atoms with E-state index in [2.05, 4.69) is 4.72 Å². The lowest BCUT2D eigenvalue weighted by Gasteiger charge is -2.24. The van der Waals surface area contributed by atoms with Gasteiger partial charge in [0.1, 0.15) is 9.84 Å². The average Bonchev–Trinajstić information content (AvgIpc) is 2.97. The molecule has 17 heavy (non-hydrogen) atoms. The highest BCUT2D eigenvalue weighted by atomic mass is 32.2. The molecule has 8 heteroatoms. The Hall–Kier alpha value is -0.180. The monoisotopic (exact) mass is 283 g/mol. The Morgan fingerprint density at radius 2 is 1.76 bits per heavy atom. The maximum absolute atomic E-state index is 12.0. The van der Waals surface area contributed by atoms with Crippen molar-refractivity contribution in [3.05, 3.63) is 0 Å². The van der Waals surface area contributed by atoms with Crippen molar-refractivity contribution in [2.24, 2.45) is 0 Å². The zero-order chi connectivity index (χ0) is 12.7. The molecule has 0 aromatic rings. The van der Waals surface area contributed by atoms with E-state index >= 15 is 0 Å². The van der Waals surface area contributed by atoms with Gasteiger partial charge in [0.2, 0.25) is 10.0 Å². The second-order valence-corrected chi connectivity index (χ2v) is 9.20. The minimum atomic E-state index is -3.52. The van der Waals surface area contributed by atoms with Crippen LogP contribution in [0.2, 0.25) is 0 Å². The zero-order valence-electron chi connectivity index (χ0n) is 9.42. The first-order valence-electron chi connectivity index (χ1n) is 5.63. The molecule has 1 saturated heterocycles. The Labute approximate surface area is 101 Å². The Morgan fingerprint density at radius 3 is 2.18 bits per heavy atom. The minimum Gasteiger partial charge on any atom is -0.394 e. The second-order valence-electron chi connectivity index (χ2n) is 4.94. The third-order valence-corrected chi connectivity index (χ3v) is 7.24. The Balaban J connectivity index is 2.02. The lowest BCUT2D eigenvalue weighted by atomic mass is 10.2. The van der Waals surface area contributed by atoms with Crippen LogP contribution >= 0.6 is 0 Å². The van der Waals surface area contributed by atoms with Gasteiger partial charge in [0, 0.05) is 0 Å². The van der Waals surface area contributed by atoms with E-state index in [1.807, 2.05) is 0 Å². The molecule has 0 radical (unpaired) electrons. The molecule has 1 heterocycles. The van der Waals surface area contributed by atoms with Gasteiger partial charge >= 0.3 is 0 Å². The Bertz CT molecular complexity index is 477. The van der Waals surface area contributed by atoms with Crippen LogP contribution in [0.1, 0.15) is 25.7 Å². The number of nitrogens with one attached hydrogen (secondary N) is 1. The lowest BCUT2D eigenvalue weighted by Crippen LogP contribution is -2.46. The molecule has 2 fully saturated rings. The fourth-order valence-corrected chi connectivity index (χ4v) is 5.69. The fraction of sp³-hybridized carbons (Fsp3) is 1.00. The summed E-state index contributed by atoms with van der Waals surface area (Å²) >= 11 is 0. The fourth-order valence-electron chi connectivity index (χ4n) is 2.01. The topological polar surface area (TPSA) is 101 Å². The smallest absolute Gasteiger partial charge is 0.215 e. The van der Waals surface area contributed by atoms with Crippen LogP contribution in [0.3, 0.4) is 0 Å². The average molecular weight is 283 g/mol. The van der Waals surface area contributed by atoms with Crippen LogP contribution in [-0.4, -0.2) is 50.8 Å². The van der Waals surface area contributed by atoms with Gasteiger partial charge in [0.15, 0.2) is 0 Å². The standard InChI is InChI=1S/C9H17NO5S2/c11-7-9(3-4-9)10-17(14,15)8-1-5-16(12,13)6-2-8/h8,10-11H,1-7H2. The van der Waals surface area contributed by atoms with E-state index in [0.29, 0.717) is 12.8 Å². The van der Waals surface area contributed by atoms with Crippen LogP contribution in [0.5, 0.6) is 0 Å². The van der Waals surface area contributed by atoms with Crippen molar-refractivity contribution >= 4 is 19.9 Å². The summed E-state index contributed by atoms with van der Waals surface area (Å²) in [5.41, 5.74) is -0.671. The maximum Gasteiger partial charge on any atom is 0.215 e. The van der Waals surface area contributed by atoms with E-state index in [-0.39, 0.29) is 31.0 Å². The van der Waals surface area contributed by atoms with Crippen LogP contribution < -0.4 is 4.72 Å². The van der Waals surface area contributed by atoms with Gasteiger partial charge in [-0.15, -0.1) is 0 Å². The Kier molecular flexibility index (Phi) is 3.26. The molecule has 0 unspecified atom stereocenters. The molecule has 100 valence electrons. The zero-order valence-corrected chi connectivity index (χ0v) is 11.1. The van der Waals surface area contributed by atoms with E-state index in [1.165, 1.54) is 0 Å². The minimum absolute atomic E-state index is 0.0648. The first kappa shape index (κ1) is 13.3. The van der Waals surface area contributed by atoms with Crippen LogP contribution in [0, 0.1) is 0 Å². The summed E-state index contributed by atoms with van der Waals surface area (Å²) in [6.07, 6.45) is 1.60. The van der Waals surface area contributed by atoms with Gasteiger partial charge in [-0.3, -0.25) is 0 Å². The number of sulfone groups is 1. The predicted molar refractivity (Wildman–Crippen MR) is 62.8 cm³/mol. The number of aliphatic hydroxyl groups is 1. The molecule has 6 nitrogen and oxygen atoms in total. The quantitative estimate of drug-likeness (QED) is 0.690. The summed E-state index contributed by atoms with van der Waals surface area (Å²) in [5, 5.41) is 8.44. The highest BCUT2D eigenvalue weighted by Crippen LogP contribution is 2.36. The maximum atomic E-state index is 12.0. The molecule has 0 spiro atoms. The second kappa shape index (κ2) is 4.18. The molecule has 0 atom stereocenters. The van der Waals surface area contributed by atoms with Crippen molar-refractivity contribution in [2.45, 2.75) is 36.5 Å². The Morgan fingerprint density at radius 1 is 1.24 bits per heavy atom. The molecule has 1 saturated carbocycles. The summed E-state index contributed by atoms with van der Waals surface area (Å²) in [5.74, 6) is -0.130. The number of rotatable bonds is 4. The number of sulfonamides is 1. The van der Waals surface area contributed by atoms with Crippen molar-refractivity contribution in [1.82, 2.24) is 4.72 Å². The normalized spacial score (nSPS) is 27.8. The van der Waals surface area contributed by atoms with Gasteiger partial charge in [-0.25, -0.2) is 21.6 Å². The summed E-state index contributed by atoms with van der Waals surface area (Å²) in [6, 6.07) is 0. The molecule has 2 aliphatic rings. The molecule has 0 aromatic heterocycles. The molecule has 0 amide bonds. The third kappa shape index (κ3) is 2.98. The molecular weight excluding hydrogens is 266 g/mol. The van der Waals surface area contributed by atoms with Gasteiger partial charge in [-0.2, -0.15) is 0 Å². The van der Waals surface area contributed by atoms with E-state index < -0.39 is 30.6 Å². The van der Waals surface area contributed by atoms with Crippen LogP contribution in [0.15, 0.2) is 0 Å². The molecule has 1 aliphatic heterocycles. The van der Waals surface area contributed by atoms with E-state index in [4.69, 9.17) is 5.11 Å². The summed E-state index contributed by atoms with van der Waals surface area (Å²) in [6.45, 7) is -0.197. The first-order valence-corrected chi connectivity index (χ1v) is 8.99. The van der Waals surface area contributed by atoms with Crippen LogP contribution in [-0.2, 0) is 19.9 Å². The number of aliphatic hydroxyl groups excluding tert-OH is 1. The molecule has 0 bridgehead atoms. The molecule has 0 aromatic carbocycles. The van der Waals surface area contributed by atoms with Crippen LogP contribution in [0.25, 0.3) is 0 Å². The summed E-state index contributed by atoms with van der Waals surface area (Å²) < 4.78 is 48.9. The van der Waals surface area contributed by atoms with Crippen molar-refractivity contribution in [1.29, 1.82) is 0 Å². The SMILES string of the molecule is O=S1(=O)CCC(S(=O)(=O)NC2(CO)CC2)CC1. The van der Waals surface area contributed by atoms with Crippen molar-refractivity contribution < 1.29 is 21.9 Å². The third-order valence-electron chi connectivity index (χ3n) is 3.46. The highest BCUT2D eigenvalue weighted by molar-refractivity contribution is 7.92. The van der Waals surface area contributed by atoms with Gasteiger partial charge in [0.05, 0.1) is 28.9 Å². The largest absolute Gasteiger partial charge is 0.394 e.